The molecule has 1 aromatic rings. The first-order valence-corrected chi connectivity index (χ1v) is 7.05. The minimum absolute atomic E-state index is 0.103. The molecule has 0 saturated carbocycles. The Hall–Kier alpha value is 0.1000. The minimum Gasteiger partial charge on any atom is -0.381 e. The van der Waals surface area contributed by atoms with Crippen LogP contribution in [0.15, 0.2) is 27.1 Å². The van der Waals surface area contributed by atoms with Gasteiger partial charge in [-0.25, -0.2) is 0 Å². The number of hydrogen-bond acceptors (Lipinski definition) is 2. The monoisotopic (exact) mass is 347 g/mol. The smallest absolute Gasteiger partial charge is 0.0469 e. The van der Waals surface area contributed by atoms with Crippen molar-refractivity contribution >= 4 is 31.9 Å². The topological polar surface area (TPSA) is 35.2 Å². The number of ether oxygens (including phenoxy) is 1. The van der Waals surface area contributed by atoms with Gasteiger partial charge in [0.2, 0.25) is 0 Å². The van der Waals surface area contributed by atoms with Gasteiger partial charge in [-0.05, 0) is 36.5 Å². The third-order valence-corrected chi connectivity index (χ3v) is 4.28. The molecular formula is C12H15Br2NO. The van der Waals surface area contributed by atoms with Gasteiger partial charge in [0.25, 0.3) is 0 Å². The van der Waals surface area contributed by atoms with Crippen molar-refractivity contribution in [2.24, 2.45) is 11.7 Å². The van der Waals surface area contributed by atoms with Crippen LogP contribution in [-0.4, -0.2) is 13.2 Å². The lowest BCUT2D eigenvalue weighted by molar-refractivity contribution is 0.0583. The summed E-state index contributed by atoms with van der Waals surface area (Å²) < 4.78 is 7.52. The lowest BCUT2D eigenvalue weighted by Crippen LogP contribution is -2.27. The van der Waals surface area contributed by atoms with Gasteiger partial charge in [-0.2, -0.15) is 0 Å². The Morgan fingerprint density at radius 1 is 1.25 bits per heavy atom. The van der Waals surface area contributed by atoms with Crippen LogP contribution in [0.1, 0.15) is 24.4 Å². The van der Waals surface area contributed by atoms with Crippen molar-refractivity contribution < 1.29 is 4.74 Å². The lowest BCUT2D eigenvalue weighted by atomic mass is 9.88. The van der Waals surface area contributed by atoms with Crippen molar-refractivity contribution in [3.8, 4) is 0 Å². The maximum absolute atomic E-state index is 6.32. The highest BCUT2D eigenvalue weighted by atomic mass is 79.9. The zero-order valence-corrected chi connectivity index (χ0v) is 12.1. The van der Waals surface area contributed by atoms with Gasteiger partial charge < -0.3 is 10.5 Å². The fraction of sp³-hybridized carbons (Fsp3) is 0.500. The summed E-state index contributed by atoms with van der Waals surface area (Å²) in [5, 5.41) is 0. The summed E-state index contributed by atoms with van der Waals surface area (Å²) in [6, 6.07) is 6.29. The molecule has 0 aromatic heterocycles. The number of halogens is 2. The van der Waals surface area contributed by atoms with Gasteiger partial charge in [-0.1, -0.05) is 37.9 Å². The molecule has 1 fully saturated rings. The minimum atomic E-state index is 0.103. The van der Waals surface area contributed by atoms with Crippen molar-refractivity contribution in [2.45, 2.75) is 18.9 Å². The first-order valence-electron chi connectivity index (χ1n) is 5.47. The standard InChI is InChI=1S/C12H15Br2NO/c13-9-1-2-10(11(14)7-9)12(15)8-3-5-16-6-4-8/h1-2,7-8,12H,3-6,15H2. The van der Waals surface area contributed by atoms with E-state index in [9.17, 15) is 0 Å². The van der Waals surface area contributed by atoms with Gasteiger partial charge in [0, 0.05) is 28.2 Å². The van der Waals surface area contributed by atoms with Crippen LogP contribution in [0.4, 0.5) is 0 Å². The normalized spacial score (nSPS) is 19.7. The van der Waals surface area contributed by atoms with Crippen LogP contribution in [-0.2, 0) is 4.74 Å². The predicted octanol–water partition coefficient (Wildman–Crippen LogP) is 3.64. The average molecular weight is 349 g/mol. The van der Waals surface area contributed by atoms with Gasteiger partial charge >= 0.3 is 0 Å². The summed E-state index contributed by atoms with van der Waals surface area (Å²) in [6.07, 6.45) is 2.12. The van der Waals surface area contributed by atoms with Crippen LogP contribution >= 0.6 is 31.9 Å². The summed E-state index contributed by atoms with van der Waals surface area (Å²) >= 11 is 7.02. The second kappa shape index (κ2) is 5.63. The largest absolute Gasteiger partial charge is 0.381 e. The molecule has 1 unspecified atom stereocenters. The van der Waals surface area contributed by atoms with E-state index in [0.29, 0.717) is 5.92 Å². The molecule has 0 radical (unpaired) electrons. The van der Waals surface area contributed by atoms with E-state index in [1.807, 2.05) is 6.07 Å². The fourth-order valence-electron chi connectivity index (χ4n) is 2.10. The SMILES string of the molecule is NC(c1ccc(Br)cc1Br)C1CCOCC1. The van der Waals surface area contributed by atoms with Gasteiger partial charge in [0.15, 0.2) is 0 Å². The number of rotatable bonds is 2. The maximum Gasteiger partial charge on any atom is 0.0469 e. The third kappa shape index (κ3) is 2.86. The van der Waals surface area contributed by atoms with Crippen molar-refractivity contribution in [1.29, 1.82) is 0 Å². The van der Waals surface area contributed by atoms with Crippen molar-refractivity contribution in [3.63, 3.8) is 0 Å². The molecule has 1 aliphatic rings. The van der Waals surface area contributed by atoms with Crippen LogP contribution in [0.5, 0.6) is 0 Å². The molecule has 1 atom stereocenters. The highest BCUT2D eigenvalue weighted by Gasteiger charge is 2.23. The number of benzene rings is 1. The van der Waals surface area contributed by atoms with Gasteiger partial charge in [-0.15, -0.1) is 0 Å². The second-order valence-corrected chi connectivity index (χ2v) is 5.91. The van der Waals surface area contributed by atoms with E-state index in [1.54, 1.807) is 0 Å². The molecule has 1 saturated heterocycles. The molecule has 88 valence electrons. The van der Waals surface area contributed by atoms with E-state index in [1.165, 1.54) is 5.56 Å². The zero-order valence-electron chi connectivity index (χ0n) is 8.96. The van der Waals surface area contributed by atoms with E-state index in [0.717, 1.165) is 35.0 Å². The fourth-order valence-corrected chi connectivity index (χ4v) is 3.41. The average Bonchev–Trinajstić information content (AvgIpc) is 2.29. The zero-order chi connectivity index (χ0) is 11.5. The van der Waals surface area contributed by atoms with Crippen molar-refractivity contribution in [3.05, 3.63) is 32.7 Å². The molecule has 1 aromatic carbocycles. The molecule has 4 heteroatoms. The molecule has 0 amide bonds. The van der Waals surface area contributed by atoms with E-state index >= 15 is 0 Å². The van der Waals surface area contributed by atoms with Crippen LogP contribution in [0.25, 0.3) is 0 Å². The van der Waals surface area contributed by atoms with Crippen LogP contribution in [0, 0.1) is 5.92 Å². The van der Waals surface area contributed by atoms with Gasteiger partial charge in [0.05, 0.1) is 0 Å². The van der Waals surface area contributed by atoms with E-state index < -0.39 is 0 Å². The Labute approximate surface area is 113 Å². The first-order chi connectivity index (χ1) is 7.68. The highest BCUT2D eigenvalue weighted by molar-refractivity contribution is 9.11. The van der Waals surface area contributed by atoms with Crippen LogP contribution < -0.4 is 5.73 Å². The van der Waals surface area contributed by atoms with E-state index in [-0.39, 0.29) is 6.04 Å². The lowest BCUT2D eigenvalue weighted by Gasteiger charge is -2.28. The summed E-state index contributed by atoms with van der Waals surface area (Å²) in [4.78, 5) is 0. The van der Waals surface area contributed by atoms with Gasteiger partial charge in [0.1, 0.15) is 0 Å². The van der Waals surface area contributed by atoms with E-state index in [4.69, 9.17) is 10.5 Å². The summed E-state index contributed by atoms with van der Waals surface area (Å²) in [7, 11) is 0. The third-order valence-electron chi connectivity index (χ3n) is 3.10. The molecule has 2 rings (SSSR count). The highest BCUT2D eigenvalue weighted by Crippen LogP contribution is 2.33. The molecule has 2 N–H and O–H groups in total. The summed E-state index contributed by atoms with van der Waals surface area (Å²) in [5.41, 5.74) is 7.51. The molecule has 1 aliphatic heterocycles. The molecule has 0 aliphatic carbocycles. The van der Waals surface area contributed by atoms with E-state index in [2.05, 4.69) is 44.0 Å². The number of hydrogen-bond donors (Lipinski definition) is 1. The van der Waals surface area contributed by atoms with Crippen molar-refractivity contribution in [2.75, 3.05) is 13.2 Å². The maximum atomic E-state index is 6.32. The molecule has 16 heavy (non-hydrogen) atoms. The molecular weight excluding hydrogens is 334 g/mol. The molecule has 0 bridgehead atoms. The van der Waals surface area contributed by atoms with Crippen LogP contribution in [0.2, 0.25) is 0 Å². The Balaban J connectivity index is 2.15. The van der Waals surface area contributed by atoms with Crippen molar-refractivity contribution in [1.82, 2.24) is 0 Å². The Morgan fingerprint density at radius 2 is 1.94 bits per heavy atom. The van der Waals surface area contributed by atoms with Gasteiger partial charge in [-0.3, -0.25) is 0 Å². The summed E-state index contributed by atoms with van der Waals surface area (Å²) in [6.45, 7) is 1.68. The summed E-state index contributed by atoms with van der Waals surface area (Å²) in [5.74, 6) is 0.534. The molecule has 1 heterocycles. The Morgan fingerprint density at radius 3 is 2.56 bits per heavy atom. The molecule has 2 nitrogen and oxygen atoms in total. The Kier molecular flexibility index (Phi) is 4.41. The number of nitrogens with two attached hydrogens (primary N) is 1. The first kappa shape index (κ1) is 12.6. The molecule has 0 spiro atoms. The second-order valence-electron chi connectivity index (χ2n) is 4.14. The quantitative estimate of drug-likeness (QED) is 0.885. The Bertz CT molecular complexity index is 364. The van der Waals surface area contributed by atoms with Crippen LogP contribution in [0.3, 0.4) is 0 Å². The predicted molar refractivity (Wildman–Crippen MR) is 72.3 cm³/mol.